The van der Waals surface area contributed by atoms with E-state index in [0.29, 0.717) is 6.42 Å². The van der Waals surface area contributed by atoms with Gasteiger partial charge in [-0.05, 0) is 19.3 Å². The van der Waals surface area contributed by atoms with Crippen molar-refractivity contribution in [2.45, 2.75) is 32.6 Å². The van der Waals surface area contributed by atoms with Crippen LogP contribution < -0.4 is 0 Å². The van der Waals surface area contributed by atoms with E-state index in [1.165, 1.54) is 6.08 Å². The number of nitro groups is 1. The maximum absolute atomic E-state index is 10.6. The lowest BCUT2D eigenvalue weighted by molar-refractivity contribution is -0.432. The molecule has 1 unspecified atom stereocenters. The predicted molar refractivity (Wildman–Crippen MR) is 56.4 cm³/mol. The first kappa shape index (κ1) is 11.4. The van der Waals surface area contributed by atoms with Crippen LogP contribution in [-0.4, -0.2) is 4.92 Å². The molecule has 0 aromatic heterocycles. The molecule has 0 radical (unpaired) electrons. The first-order valence-electron chi connectivity index (χ1n) is 5.12. The van der Waals surface area contributed by atoms with Crippen LogP contribution in [-0.2, 0) is 0 Å². The quantitative estimate of drug-likeness (QED) is 0.524. The molecule has 0 saturated carbocycles. The zero-order valence-corrected chi connectivity index (χ0v) is 8.77. The third kappa shape index (κ3) is 2.91. The fraction of sp³-hybridized carbons (Fsp3) is 0.545. The average molecular weight is 206 g/mol. The molecular weight excluding hydrogens is 192 g/mol. The monoisotopic (exact) mass is 206 g/mol. The van der Waals surface area contributed by atoms with Gasteiger partial charge >= 0.3 is 0 Å². The van der Waals surface area contributed by atoms with Crippen LogP contribution in [0, 0.1) is 27.4 Å². The molecule has 15 heavy (non-hydrogen) atoms. The van der Waals surface area contributed by atoms with E-state index in [4.69, 9.17) is 5.26 Å². The molecule has 80 valence electrons. The average Bonchev–Trinajstić information content (AvgIpc) is 2.25. The molecule has 0 aromatic carbocycles. The topological polar surface area (TPSA) is 66.9 Å². The number of unbranched alkanes of at least 4 members (excludes halogenated alkanes) is 1. The Morgan fingerprint density at radius 3 is 2.93 bits per heavy atom. The summed E-state index contributed by atoms with van der Waals surface area (Å²) in [7, 11) is 0. The van der Waals surface area contributed by atoms with Crippen molar-refractivity contribution in [1.82, 2.24) is 0 Å². The van der Waals surface area contributed by atoms with Crippen molar-refractivity contribution >= 4 is 0 Å². The first-order chi connectivity index (χ1) is 7.19. The lowest BCUT2D eigenvalue weighted by Crippen LogP contribution is -2.14. The van der Waals surface area contributed by atoms with E-state index in [1.807, 2.05) is 6.07 Å². The Morgan fingerprint density at radius 2 is 2.40 bits per heavy atom. The molecular formula is C11H14N2O2. The smallest absolute Gasteiger partial charge is 0.259 e. The molecule has 0 bridgehead atoms. The summed E-state index contributed by atoms with van der Waals surface area (Å²) in [5.74, 6) is -0.572. The number of nitrogens with zero attached hydrogens (tertiary/aromatic N) is 2. The number of hydrogen-bond donors (Lipinski definition) is 0. The minimum absolute atomic E-state index is 0.0257. The molecule has 4 nitrogen and oxygen atoms in total. The lowest BCUT2D eigenvalue weighted by atomic mass is 9.90. The third-order valence-corrected chi connectivity index (χ3v) is 2.53. The molecule has 0 heterocycles. The highest BCUT2D eigenvalue weighted by Crippen LogP contribution is 2.27. The van der Waals surface area contributed by atoms with E-state index in [9.17, 15) is 10.1 Å². The molecule has 0 fully saturated rings. The van der Waals surface area contributed by atoms with Gasteiger partial charge in [0.25, 0.3) is 5.70 Å². The molecule has 0 N–H and O–H groups in total. The van der Waals surface area contributed by atoms with Gasteiger partial charge in [0.05, 0.1) is 11.0 Å². The zero-order valence-electron chi connectivity index (χ0n) is 8.77. The second-order valence-corrected chi connectivity index (χ2v) is 3.66. The summed E-state index contributed by atoms with van der Waals surface area (Å²) in [5.41, 5.74) is 1.17. The minimum atomic E-state index is -0.572. The Kier molecular flexibility index (Phi) is 4.04. The summed E-state index contributed by atoms with van der Waals surface area (Å²) < 4.78 is 0. The standard InChI is InChI=1S/C11H14N2O2/c1-2-3-4-9-5-6-11(13(14)15)10(7-9)8-12/h5-6,10H,2-4,7H2,1H3. The van der Waals surface area contributed by atoms with Crippen LogP contribution >= 0.6 is 0 Å². The molecule has 0 spiro atoms. The molecule has 4 heteroatoms. The second kappa shape index (κ2) is 5.30. The van der Waals surface area contributed by atoms with Gasteiger partial charge in [-0.15, -0.1) is 0 Å². The minimum Gasteiger partial charge on any atom is -0.259 e. The number of rotatable bonds is 4. The van der Waals surface area contributed by atoms with E-state index >= 15 is 0 Å². The maximum Gasteiger partial charge on any atom is 0.263 e. The highest BCUT2D eigenvalue weighted by Gasteiger charge is 2.27. The molecule has 0 amide bonds. The molecule has 1 aliphatic rings. The van der Waals surface area contributed by atoms with Gasteiger partial charge in [0.2, 0.25) is 0 Å². The van der Waals surface area contributed by atoms with Crippen molar-refractivity contribution in [3.8, 4) is 6.07 Å². The zero-order chi connectivity index (χ0) is 11.3. The summed E-state index contributed by atoms with van der Waals surface area (Å²) in [5, 5.41) is 19.4. The van der Waals surface area contributed by atoms with Gasteiger partial charge in [-0.3, -0.25) is 10.1 Å². The first-order valence-corrected chi connectivity index (χ1v) is 5.12. The molecule has 0 aliphatic heterocycles. The highest BCUT2D eigenvalue weighted by atomic mass is 16.6. The summed E-state index contributed by atoms with van der Waals surface area (Å²) in [4.78, 5) is 10.1. The Morgan fingerprint density at radius 1 is 1.67 bits per heavy atom. The van der Waals surface area contributed by atoms with Crippen molar-refractivity contribution in [3.63, 3.8) is 0 Å². The van der Waals surface area contributed by atoms with Gasteiger partial charge in [0.1, 0.15) is 5.92 Å². The van der Waals surface area contributed by atoms with E-state index in [2.05, 4.69) is 6.92 Å². The van der Waals surface area contributed by atoms with Gasteiger partial charge in [-0.25, -0.2) is 0 Å². The Bertz CT molecular complexity index is 350. The number of allylic oxidation sites excluding steroid dienone is 4. The van der Waals surface area contributed by atoms with Gasteiger partial charge in [-0.2, -0.15) is 5.26 Å². The third-order valence-electron chi connectivity index (χ3n) is 2.53. The van der Waals surface area contributed by atoms with Crippen LogP contribution in [0.2, 0.25) is 0 Å². The SMILES string of the molecule is CCCCC1=CC=C([N+](=O)[O-])C(C#N)C1. The van der Waals surface area contributed by atoms with Crippen molar-refractivity contribution in [2.24, 2.45) is 5.92 Å². The molecule has 0 aromatic rings. The van der Waals surface area contributed by atoms with E-state index < -0.39 is 10.8 Å². The number of nitriles is 1. The van der Waals surface area contributed by atoms with Gasteiger partial charge < -0.3 is 0 Å². The normalized spacial score (nSPS) is 20.1. The summed E-state index contributed by atoms with van der Waals surface area (Å²) in [6.07, 6.45) is 6.90. The van der Waals surface area contributed by atoms with E-state index in [0.717, 1.165) is 24.8 Å². The van der Waals surface area contributed by atoms with E-state index in [-0.39, 0.29) is 5.70 Å². The molecule has 1 rings (SSSR count). The molecule has 1 aliphatic carbocycles. The largest absolute Gasteiger partial charge is 0.263 e. The van der Waals surface area contributed by atoms with Crippen LogP contribution in [0.3, 0.4) is 0 Å². The van der Waals surface area contributed by atoms with Crippen LogP contribution in [0.5, 0.6) is 0 Å². The lowest BCUT2D eigenvalue weighted by Gasteiger charge is -2.13. The van der Waals surface area contributed by atoms with E-state index in [1.54, 1.807) is 6.08 Å². The Balaban J connectivity index is 2.75. The van der Waals surface area contributed by atoms with Crippen molar-refractivity contribution < 1.29 is 4.92 Å². The van der Waals surface area contributed by atoms with Crippen LogP contribution in [0.4, 0.5) is 0 Å². The molecule has 0 saturated heterocycles. The van der Waals surface area contributed by atoms with Crippen LogP contribution in [0.25, 0.3) is 0 Å². The van der Waals surface area contributed by atoms with Crippen molar-refractivity contribution in [3.05, 3.63) is 33.5 Å². The van der Waals surface area contributed by atoms with Crippen molar-refractivity contribution in [2.75, 3.05) is 0 Å². The van der Waals surface area contributed by atoms with Gasteiger partial charge in [0.15, 0.2) is 0 Å². The van der Waals surface area contributed by atoms with Gasteiger partial charge in [0, 0.05) is 6.08 Å². The maximum atomic E-state index is 10.6. The fourth-order valence-corrected chi connectivity index (χ4v) is 1.64. The van der Waals surface area contributed by atoms with Crippen LogP contribution in [0.1, 0.15) is 32.6 Å². The molecule has 1 atom stereocenters. The predicted octanol–water partition coefficient (Wildman–Crippen LogP) is 2.81. The van der Waals surface area contributed by atoms with Crippen LogP contribution in [0.15, 0.2) is 23.4 Å². The van der Waals surface area contributed by atoms with Gasteiger partial charge in [-0.1, -0.05) is 25.0 Å². The number of hydrogen-bond acceptors (Lipinski definition) is 3. The fourth-order valence-electron chi connectivity index (χ4n) is 1.64. The summed E-state index contributed by atoms with van der Waals surface area (Å²) >= 11 is 0. The van der Waals surface area contributed by atoms with Crippen molar-refractivity contribution in [1.29, 1.82) is 5.26 Å². The highest BCUT2D eigenvalue weighted by molar-refractivity contribution is 5.26. The summed E-state index contributed by atoms with van der Waals surface area (Å²) in [6.45, 7) is 2.10. The Hall–Kier alpha value is -1.63. The Labute approximate surface area is 89.0 Å². The second-order valence-electron chi connectivity index (χ2n) is 3.66. The summed E-state index contributed by atoms with van der Waals surface area (Å²) in [6, 6.07) is 1.99.